The molecule has 2 amide bonds. The molecule has 1 unspecified atom stereocenters. The first-order valence-electron chi connectivity index (χ1n) is 9.82. The molecule has 0 bridgehead atoms. The third-order valence-corrected chi connectivity index (χ3v) is 6.61. The third-order valence-electron chi connectivity index (χ3n) is 5.32. The monoisotopic (exact) mass is 414 g/mol. The van der Waals surface area contributed by atoms with E-state index in [9.17, 15) is 13.2 Å². The van der Waals surface area contributed by atoms with Gasteiger partial charge in [0.05, 0.1) is 12.3 Å². The number of sulfonamides is 1. The minimum Gasteiger partial charge on any atom is -0.385 e. The van der Waals surface area contributed by atoms with Crippen molar-refractivity contribution >= 4 is 16.1 Å². The summed E-state index contributed by atoms with van der Waals surface area (Å²) in [5, 5.41) is 11.6. The number of hydrogen-bond acceptors (Lipinski definition) is 6. The molecule has 1 atom stereocenters. The zero-order valence-corrected chi connectivity index (χ0v) is 17.4. The summed E-state index contributed by atoms with van der Waals surface area (Å²) in [4.78, 5) is 14.2. The van der Waals surface area contributed by atoms with E-state index in [1.165, 1.54) is 6.26 Å². The largest absolute Gasteiger partial charge is 0.385 e. The van der Waals surface area contributed by atoms with Crippen molar-refractivity contribution in [1.82, 2.24) is 29.3 Å². The fraction of sp³-hybridized carbons (Fsp3) is 0.824. The van der Waals surface area contributed by atoms with Crippen LogP contribution in [0.25, 0.3) is 0 Å². The summed E-state index contributed by atoms with van der Waals surface area (Å²) in [6, 6.07) is -0.369. The first kappa shape index (κ1) is 21.0. The highest BCUT2D eigenvalue weighted by Crippen LogP contribution is 2.32. The van der Waals surface area contributed by atoms with E-state index < -0.39 is 10.0 Å². The summed E-state index contributed by atoms with van der Waals surface area (Å²) in [7, 11) is -1.67. The summed E-state index contributed by atoms with van der Waals surface area (Å²) < 4.78 is 33.0. The van der Waals surface area contributed by atoms with Crippen LogP contribution >= 0.6 is 0 Å². The molecule has 0 aromatic carbocycles. The number of hydrogen-bond donors (Lipinski definition) is 1. The number of fused-ring (bicyclic) bond motifs is 1. The third kappa shape index (κ3) is 4.81. The molecule has 158 valence electrons. The number of carbonyl (C=O) groups excluding carboxylic acids is 1. The number of carbonyl (C=O) groups is 1. The number of nitrogens with one attached hydrogen (secondary N) is 1. The molecule has 2 aliphatic rings. The van der Waals surface area contributed by atoms with Crippen LogP contribution in [-0.4, -0.2) is 84.6 Å². The van der Waals surface area contributed by atoms with Gasteiger partial charge in [-0.1, -0.05) is 6.42 Å². The summed E-state index contributed by atoms with van der Waals surface area (Å²) in [6.45, 7) is 3.38. The predicted octanol–water partition coefficient (Wildman–Crippen LogP) is 0.369. The Morgan fingerprint density at radius 1 is 1.21 bits per heavy atom. The van der Waals surface area contributed by atoms with E-state index in [0.29, 0.717) is 51.6 Å². The quantitative estimate of drug-likeness (QED) is 0.674. The molecule has 28 heavy (non-hydrogen) atoms. The highest BCUT2D eigenvalue weighted by Gasteiger charge is 2.35. The van der Waals surface area contributed by atoms with Gasteiger partial charge in [-0.15, -0.1) is 10.2 Å². The van der Waals surface area contributed by atoms with Gasteiger partial charge in [-0.2, -0.15) is 4.31 Å². The van der Waals surface area contributed by atoms with Crippen LogP contribution in [0.15, 0.2) is 0 Å². The van der Waals surface area contributed by atoms with Crippen molar-refractivity contribution in [3.05, 3.63) is 11.6 Å². The van der Waals surface area contributed by atoms with Crippen molar-refractivity contribution in [1.29, 1.82) is 0 Å². The van der Waals surface area contributed by atoms with Gasteiger partial charge in [0.2, 0.25) is 10.0 Å². The van der Waals surface area contributed by atoms with Crippen LogP contribution in [0.3, 0.4) is 0 Å². The van der Waals surface area contributed by atoms with Crippen molar-refractivity contribution in [2.45, 2.75) is 44.7 Å². The van der Waals surface area contributed by atoms with E-state index in [1.807, 2.05) is 4.57 Å². The Hall–Kier alpha value is -1.72. The van der Waals surface area contributed by atoms with Gasteiger partial charge in [0.25, 0.3) is 0 Å². The van der Waals surface area contributed by atoms with E-state index in [-0.39, 0.29) is 12.1 Å². The maximum absolute atomic E-state index is 12.4. The van der Waals surface area contributed by atoms with Gasteiger partial charge in [-0.05, 0) is 19.3 Å². The lowest BCUT2D eigenvalue weighted by molar-refractivity contribution is 0.185. The Morgan fingerprint density at radius 2 is 2.04 bits per heavy atom. The fourth-order valence-electron chi connectivity index (χ4n) is 3.88. The molecule has 1 fully saturated rings. The SMILES string of the molecule is COCCCNC(=O)N1CCc2nnc(C3CCCCN3S(C)(=O)=O)n2CC1. The van der Waals surface area contributed by atoms with E-state index in [4.69, 9.17) is 4.74 Å². The fourth-order valence-corrected chi connectivity index (χ4v) is 5.00. The van der Waals surface area contributed by atoms with Crippen LogP contribution in [0.5, 0.6) is 0 Å². The van der Waals surface area contributed by atoms with Gasteiger partial charge in [-0.25, -0.2) is 13.2 Å². The Balaban J connectivity index is 1.68. The van der Waals surface area contributed by atoms with Gasteiger partial charge in [0.1, 0.15) is 5.82 Å². The Bertz CT molecular complexity index is 781. The number of ether oxygens (including phenoxy) is 1. The molecule has 1 aromatic heterocycles. The Kier molecular flexibility index (Phi) is 6.89. The standard InChI is InChI=1S/C17H30N6O4S/c1-27-13-5-8-18-17(24)21-10-7-15-19-20-16(22(15)12-11-21)14-6-3-4-9-23(14)28(2,25)26/h14H,3-13H2,1-2H3,(H,18,24). The predicted molar refractivity (Wildman–Crippen MR) is 103 cm³/mol. The number of piperidine rings is 1. The maximum Gasteiger partial charge on any atom is 0.317 e. The summed E-state index contributed by atoms with van der Waals surface area (Å²) in [6.07, 6.45) is 5.20. The number of rotatable bonds is 6. The van der Waals surface area contributed by atoms with Crippen molar-refractivity contribution in [2.75, 3.05) is 46.2 Å². The first-order chi connectivity index (χ1) is 13.4. The van der Waals surface area contributed by atoms with Gasteiger partial charge in [-0.3, -0.25) is 0 Å². The second kappa shape index (κ2) is 9.19. The Labute approximate surface area is 166 Å². The lowest BCUT2D eigenvalue weighted by atomic mass is 10.0. The van der Waals surface area contributed by atoms with Crippen molar-refractivity contribution in [2.24, 2.45) is 0 Å². The van der Waals surface area contributed by atoms with Crippen LogP contribution in [0.1, 0.15) is 43.4 Å². The molecule has 0 radical (unpaired) electrons. The highest BCUT2D eigenvalue weighted by molar-refractivity contribution is 7.88. The topological polar surface area (TPSA) is 110 Å². The average Bonchev–Trinajstić information content (AvgIpc) is 2.95. The lowest BCUT2D eigenvalue weighted by Crippen LogP contribution is -2.42. The maximum atomic E-state index is 12.4. The zero-order valence-electron chi connectivity index (χ0n) is 16.6. The van der Waals surface area contributed by atoms with Crippen LogP contribution in [0, 0.1) is 0 Å². The van der Waals surface area contributed by atoms with Crippen molar-refractivity contribution in [3.8, 4) is 0 Å². The Morgan fingerprint density at radius 3 is 2.79 bits per heavy atom. The molecule has 1 saturated heterocycles. The van der Waals surface area contributed by atoms with E-state index >= 15 is 0 Å². The van der Waals surface area contributed by atoms with E-state index in [2.05, 4.69) is 15.5 Å². The first-order valence-corrected chi connectivity index (χ1v) is 11.7. The molecule has 0 spiro atoms. The molecule has 3 heterocycles. The number of nitrogens with zero attached hydrogens (tertiary/aromatic N) is 5. The zero-order chi connectivity index (χ0) is 20.1. The molecule has 0 aliphatic carbocycles. The van der Waals surface area contributed by atoms with Crippen LogP contribution in [-0.2, 0) is 27.7 Å². The van der Waals surface area contributed by atoms with Gasteiger partial charge in [0, 0.05) is 52.9 Å². The molecule has 2 aliphatic heterocycles. The van der Waals surface area contributed by atoms with E-state index in [1.54, 1.807) is 16.3 Å². The molecule has 0 saturated carbocycles. The normalized spacial score (nSPS) is 21.2. The van der Waals surface area contributed by atoms with Crippen LogP contribution < -0.4 is 5.32 Å². The number of methoxy groups -OCH3 is 1. The lowest BCUT2D eigenvalue weighted by Gasteiger charge is -2.33. The summed E-state index contributed by atoms with van der Waals surface area (Å²) >= 11 is 0. The van der Waals surface area contributed by atoms with Crippen molar-refractivity contribution in [3.63, 3.8) is 0 Å². The number of urea groups is 1. The molecule has 1 aromatic rings. The number of aromatic nitrogens is 3. The number of amides is 2. The molecule has 10 nitrogen and oxygen atoms in total. The smallest absolute Gasteiger partial charge is 0.317 e. The van der Waals surface area contributed by atoms with Gasteiger partial charge >= 0.3 is 6.03 Å². The van der Waals surface area contributed by atoms with Crippen molar-refractivity contribution < 1.29 is 17.9 Å². The van der Waals surface area contributed by atoms with Crippen LogP contribution in [0.4, 0.5) is 4.79 Å². The minimum absolute atomic E-state index is 0.0909. The van der Waals surface area contributed by atoms with Gasteiger partial charge in [0.15, 0.2) is 5.82 Å². The van der Waals surface area contributed by atoms with E-state index in [0.717, 1.165) is 31.5 Å². The van der Waals surface area contributed by atoms with Gasteiger partial charge < -0.3 is 19.5 Å². The highest BCUT2D eigenvalue weighted by atomic mass is 32.2. The summed E-state index contributed by atoms with van der Waals surface area (Å²) in [5.41, 5.74) is 0. The minimum atomic E-state index is -3.31. The molecule has 11 heteroatoms. The molecule has 3 rings (SSSR count). The van der Waals surface area contributed by atoms with Crippen LogP contribution in [0.2, 0.25) is 0 Å². The summed E-state index contributed by atoms with van der Waals surface area (Å²) in [5.74, 6) is 1.51. The second-order valence-electron chi connectivity index (χ2n) is 7.33. The average molecular weight is 415 g/mol. The molecular formula is C17H30N6O4S. The molecule has 1 N–H and O–H groups in total. The second-order valence-corrected chi connectivity index (χ2v) is 9.26. The molecular weight excluding hydrogens is 384 g/mol.